The van der Waals surface area contributed by atoms with Crippen LogP contribution in [0.2, 0.25) is 0 Å². The number of carbonyl (C=O) groups is 1. The number of thiazole rings is 1. The molecule has 1 amide bonds. The first-order chi connectivity index (χ1) is 12.6. The lowest BCUT2D eigenvalue weighted by molar-refractivity contribution is -0.117. The van der Waals surface area contributed by atoms with Gasteiger partial charge in [0.2, 0.25) is 5.91 Å². The van der Waals surface area contributed by atoms with Crippen LogP contribution in [0.4, 0.5) is 5.13 Å². The zero-order valence-electron chi connectivity index (χ0n) is 15.4. The summed E-state index contributed by atoms with van der Waals surface area (Å²) in [5, 5.41) is 5.50. The standard InChI is InChI=1S/C19H26N4O2S/c1-3-25-17-6-4-16(5-7-17)12-22-8-10-23(11-9-22)13-18(24)21-19-20-15(2)14-26-19/h4-7,14H,3,8-13H2,1-2H3,(H,20,21,24). The van der Waals surface area contributed by atoms with E-state index in [0.29, 0.717) is 18.3 Å². The summed E-state index contributed by atoms with van der Waals surface area (Å²) in [7, 11) is 0. The van der Waals surface area contributed by atoms with E-state index in [9.17, 15) is 4.79 Å². The Morgan fingerprint density at radius 3 is 2.50 bits per heavy atom. The number of aryl methyl sites for hydroxylation is 1. The zero-order chi connectivity index (χ0) is 18.4. The lowest BCUT2D eigenvalue weighted by atomic mass is 10.2. The highest BCUT2D eigenvalue weighted by molar-refractivity contribution is 7.13. The molecule has 1 aliphatic rings. The van der Waals surface area contributed by atoms with Gasteiger partial charge in [-0.05, 0) is 31.5 Å². The van der Waals surface area contributed by atoms with Crippen molar-refractivity contribution in [1.29, 1.82) is 0 Å². The number of ether oxygens (including phenoxy) is 1. The summed E-state index contributed by atoms with van der Waals surface area (Å²) in [6.45, 7) is 9.72. The maximum atomic E-state index is 12.1. The summed E-state index contributed by atoms with van der Waals surface area (Å²) in [4.78, 5) is 21.0. The van der Waals surface area contributed by atoms with E-state index in [2.05, 4.69) is 32.2 Å². The van der Waals surface area contributed by atoms with Gasteiger partial charge in [0.25, 0.3) is 0 Å². The number of nitrogens with one attached hydrogen (secondary N) is 1. The van der Waals surface area contributed by atoms with Gasteiger partial charge in [0, 0.05) is 38.1 Å². The molecule has 1 fully saturated rings. The summed E-state index contributed by atoms with van der Waals surface area (Å²) in [6.07, 6.45) is 0. The normalized spacial score (nSPS) is 15.8. The van der Waals surface area contributed by atoms with Crippen LogP contribution in [0.5, 0.6) is 5.75 Å². The van der Waals surface area contributed by atoms with Crippen molar-refractivity contribution in [2.24, 2.45) is 0 Å². The van der Waals surface area contributed by atoms with Crippen molar-refractivity contribution >= 4 is 22.4 Å². The number of amides is 1. The van der Waals surface area contributed by atoms with Gasteiger partial charge in [0.15, 0.2) is 5.13 Å². The Morgan fingerprint density at radius 2 is 1.88 bits per heavy atom. The topological polar surface area (TPSA) is 57.7 Å². The van der Waals surface area contributed by atoms with Crippen LogP contribution in [0.3, 0.4) is 0 Å². The number of carbonyl (C=O) groups excluding carboxylic acids is 1. The molecule has 0 bridgehead atoms. The van der Waals surface area contributed by atoms with Gasteiger partial charge in [-0.25, -0.2) is 4.98 Å². The predicted octanol–water partition coefficient (Wildman–Crippen LogP) is 2.61. The van der Waals surface area contributed by atoms with E-state index in [0.717, 1.165) is 44.2 Å². The molecule has 1 aromatic carbocycles. The predicted molar refractivity (Wildman–Crippen MR) is 105 cm³/mol. The minimum Gasteiger partial charge on any atom is -0.494 e. The van der Waals surface area contributed by atoms with Gasteiger partial charge < -0.3 is 10.1 Å². The van der Waals surface area contributed by atoms with Crippen molar-refractivity contribution in [2.75, 3.05) is 44.6 Å². The van der Waals surface area contributed by atoms with E-state index in [4.69, 9.17) is 4.74 Å². The molecule has 1 saturated heterocycles. The maximum Gasteiger partial charge on any atom is 0.240 e. The van der Waals surface area contributed by atoms with Crippen molar-refractivity contribution in [3.05, 3.63) is 40.9 Å². The van der Waals surface area contributed by atoms with Crippen LogP contribution in [0.1, 0.15) is 18.2 Å². The van der Waals surface area contributed by atoms with Gasteiger partial charge in [-0.15, -0.1) is 11.3 Å². The quantitative estimate of drug-likeness (QED) is 0.807. The van der Waals surface area contributed by atoms with E-state index < -0.39 is 0 Å². The molecule has 0 aliphatic carbocycles. The van der Waals surface area contributed by atoms with E-state index in [1.54, 1.807) is 0 Å². The van der Waals surface area contributed by atoms with Crippen molar-refractivity contribution in [3.8, 4) is 5.75 Å². The molecule has 140 valence electrons. The van der Waals surface area contributed by atoms with Crippen LogP contribution in [0.25, 0.3) is 0 Å². The monoisotopic (exact) mass is 374 g/mol. The Morgan fingerprint density at radius 1 is 1.19 bits per heavy atom. The number of benzene rings is 1. The number of hydrogen-bond donors (Lipinski definition) is 1. The molecule has 1 aliphatic heterocycles. The van der Waals surface area contributed by atoms with Crippen LogP contribution in [0, 0.1) is 6.92 Å². The third-order valence-electron chi connectivity index (χ3n) is 4.34. The second kappa shape index (κ2) is 9.12. The van der Waals surface area contributed by atoms with Crippen molar-refractivity contribution in [3.63, 3.8) is 0 Å². The first-order valence-corrected chi connectivity index (χ1v) is 9.89. The number of anilines is 1. The van der Waals surface area contributed by atoms with E-state index in [-0.39, 0.29) is 5.91 Å². The molecule has 7 heteroatoms. The molecule has 0 unspecified atom stereocenters. The molecule has 1 aromatic heterocycles. The molecule has 0 radical (unpaired) electrons. The van der Waals surface area contributed by atoms with Gasteiger partial charge in [0.1, 0.15) is 5.75 Å². The molecule has 3 rings (SSSR count). The van der Waals surface area contributed by atoms with Gasteiger partial charge in [-0.1, -0.05) is 12.1 Å². The first-order valence-electron chi connectivity index (χ1n) is 9.01. The van der Waals surface area contributed by atoms with Crippen molar-refractivity contribution in [2.45, 2.75) is 20.4 Å². The fourth-order valence-electron chi connectivity index (χ4n) is 2.99. The SMILES string of the molecule is CCOc1ccc(CN2CCN(CC(=O)Nc3nc(C)cs3)CC2)cc1. The van der Waals surface area contributed by atoms with Crippen LogP contribution >= 0.6 is 11.3 Å². The smallest absolute Gasteiger partial charge is 0.240 e. The Kier molecular flexibility index (Phi) is 6.60. The maximum absolute atomic E-state index is 12.1. The second-order valence-electron chi connectivity index (χ2n) is 6.47. The fourth-order valence-corrected chi connectivity index (χ4v) is 3.70. The van der Waals surface area contributed by atoms with Crippen LogP contribution in [-0.4, -0.2) is 60.0 Å². The van der Waals surface area contributed by atoms with Crippen LogP contribution < -0.4 is 10.1 Å². The summed E-state index contributed by atoms with van der Waals surface area (Å²) < 4.78 is 5.48. The highest BCUT2D eigenvalue weighted by atomic mass is 32.1. The van der Waals surface area contributed by atoms with Gasteiger partial charge >= 0.3 is 0 Å². The van der Waals surface area contributed by atoms with Gasteiger partial charge in [-0.2, -0.15) is 0 Å². The van der Waals surface area contributed by atoms with E-state index in [1.165, 1.54) is 16.9 Å². The largest absolute Gasteiger partial charge is 0.494 e. The fraction of sp³-hybridized carbons (Fsp3) is 0.474. The Labute approximate surface area is 158 Å². The first kappa shape index (κ1) is 18.8. The highest BCUT2D eigenvalue weighted by Gasteiger charge is 2.19. The van der Waals surface area contributed by atoms with Gasteiger partial charge in [-0.3, -0.25) is 14.6 Å². The Balaban J connectivity index is 1.40. The zero-order valence-corrected chi connectivity index (χ0v) is 16.2. The molecule has 0 atom stereocenters. The molecule has 6 nitrogen and oxygen atoms in total. The molecular weight excluding hydrogens is 348 g/mol. The molecule has 0 spiro atoms. The Bertz CT molecular complexity index is 709. The highest BCUT2D eigenvalue weighted by Crippen LogP contribution is 2.16. The number of hydrogen-bond acceptors (Lipinski definition) is 6. The van der Waals surface area contributed by atoms with Crippen molar-refractivity contribution in [1.82, 2.24) is 14.8 Å². The van der Waals surface area contributed by atoms with Crippen molar-refractivity contribution < 1.29 is 9.53 Å². The minimum absolute atomic E-state index is 0.0133. The average Bonchev–Trinajstić information content (AvgIpc) is 3.03. The third kappa shape index (κ3) is 5.52. The second-order valence-corrected chi connectivity index (χ2v) is 7.33. The molecular formula is C19H26N4O2S. The number of rotatable bonds is 7. The summed E-state index contributed by atoms with van der Waals surface area (Å²) in [5.74, 6) is 0.932. The van der Waals surface area contributed by atoms with Crippen LogP contribution in [-0.2, 0) is 11.3 Å². The lowest BCUT2D eigenvalue weighted by Gasteiger charge is -2.34. The third-order valence-corrected chi connectivity index (χ3v) is 5.21. The summed E-state index contributed by atoms with van der Waals surface area (Å²) >= 11 is 1.47. The van der Waals surface area contributed by atoms with E-state index >= 15 is 0 Å². The molecule has 1 N–H and O–H groups in total. The van der Waals surface area contributed by atoms with Crippen LogP contribution in [0.15, 0.2) is 29.6 Å². The molecule has 2 heterocycles. The van der Waals surface area contributed by atoms with Gasteiger partial charge in [0.05, 0.1) is 18.8 Å². The minimum atomic E-state index is 0.0133. The number of piperazine rings is 1. The summed E-state index contributed by atoms with van der Waals surface area (Å²) in [6, 6.07) is 8.31. The number of nitrogens with zero attached hydrogens (tertiary/aromatic N) is 3. The molecule has 0 saturated carbocycles. The lowest BCUT2D eigenvalue weighted by Crippen LogP contribution is -2.48. The van der Waals surface area contributed by atoms with E-state index in [1.807, 2.05) is 31.4 Å². The number of aromatic nitrogens is 1. The molecule has 26 heavy (non-hydrogen) atoms. The Hall–Kier alpha value is -1.96. The summed E-state index contributed by atoms with van der Waals surface area (Å²) in [5.41, 5.74) is 2.23. The molecule has 2 aromatic rings. The average molecular weight is 375 g/mol.